The first-order chi connectivity index (χ1) is 11.3. The third-order valence-electron chi connectivity index (χ3n) is 4.30. The van der Waals surface area contributed by atoms with Crippen LogP contribution in [0.1, 0.15) is 35.6 Å². The number of rotatable bonds is 5. The molecule has 0 spiro atoms. The number of carbonyl (C=O) groups excluding carboxylic acids is 1. The minimum Gasteiger partial charge on any atom is -0.489 e. The largest absolute Gasteiger partial charge is 0.489 e. The van der Waals surface area contributed by atoms with Crippen LogP contribution in [0.5, 0.6) is 5.75 Å². The van der Waals surface area contributed by atoms with Gasteiger partial charge in [0.25, 0.3) is 0 Å². The van der Waals surface area contributed by atoms with Gasteiger partial charge in [-0.1, -0.05) is 19.1 Å². The summed E-state index contributed by atoms with van der Waals surface area (Å²) in [5.74, 6) is 0.994. The monoisotopic (exact) mass is 437 g/mol. The standard InChI is InChI=1S/C20H24INO2/c1-6-20(23)22(5)18-9-7-8-17(21)16(18)12-24-19-11-14(3)13(2)10-15(19)4/h7-11H,6,12H2,1-5H3. The van der Waals surface area contributed by atoms with Gasteiger partial charge in [0, 0.05) is 22.6 Å². The van der Waals surface area contributed by atoms with Gasteiger partial charge >= 0.3 is 0 Å². The van der Waals surface area contributed by atoms with E-state index in [0.29, 0.717) is 13.0 Å². The molecular weight excluding hydrogens is 413 g/mol. The summed E-state index contributed by atoms with van der Waals surface area (Å²) in [7, 11) is 1.82. The summed E-state index contributed by atoms with van der Waals surface area (Å²) in [6, 6.07) is 10.2. The molecular formula is C20H24INO2. The predicted octanol–water partition coefficient (Wildman–Crippen LogP) is 5.17. The molecule has 3 nitrogen and oxygen atoms in total. The SMILES string of the molecule is CCC(=O)N(C)c1cccc(I)c1COc1cc(C)c(C)cc1C. The molecule has 0 fully saturated rings. The van der Waals surface area contributed by atoms with Gasteiger partial charge in [0.15, 0.2) is 0 Å². The average Bonchev–Trinajstić information content (AvgIpc) is 2.56. The van der Waals surface area contributed by atoms with Crippen molar-refractivity contribution in [2.24, 2.45) is 0 Å². The molecule has 0 saturated heterocycles. The summed E-state index contributed by atoms with van der Waals surface area (Å²) in [5, 5.41) is 0. The molecule has 0 atom stereocenters. The van der Waals surface area contributed by atoms with Crippen LogP contribution in [-0.4, -0.2) is 13.0 Å². The number of nitrogens with zero attached hydrogens (tertiary/aromatic N) is 1. The van der Waals surface area contributed by atoms with Crippen LogP contribution >= 0.6 is 22.6 Å². The molecule has 0 unspecified atom stereocenters. The van der Waals surface area contributed by atoms with E-state index in [9.17, 15) is 4.79 Å². The average molecular weight is 437 g/mol. The van der Waals surface area contributed by atoms with Crippen molar-refractivity contribution in [2.45, 2.75) is 40.7 Å². The first-order valence-corrected chi connectivity index (χ1v) is 9.17. The zero-order valence-corrected chi connectivity index (χ0v) is 17.1. The Kier molecular flexibility index (Phi) is 6.27. The minimum atomic E-state index is 0.0978. The van der Waals surface area contributed by atoms with Crippen LogP contribution in [0.2, 0.25) is 0 Å². The summed E-state index contributed by atoms with van der Waals surface area (Å²) < 4.78 is 7.20. The minimum absolute atomic E-state index is 0.0978. The maximum Gasteiger partial charge on any atom is 0.226 e. The smallest absolute Gasteiger partial charge is 0.226 e. The summed E-state index contributed by atoms with van der Waals surface area (Å²) in [5.41, 5.74) is 5.57. The second kappa shape index (κ2) is 8.01. The van der Waals surface area contributed by atoms with Crippen LogP contribution in [-0.2, 0) is 11.4 Å². The van der Waals surface area contributed by atoms with Crippen molar-refractivity contribution in [1.29, 1.82) is 0 Å². The Morgan fingerprint density at radius 2 is 1.79 bits per heavy atom. The molecule has 128 valence electrons. The van der Waals surface area contributed by atoms with E-state index in [2.05, 4.69) is 55.5 Å². The molecule has 24 heavy (non-hydrogen) atoms. The van der Waals surface area contributed by atoms with E-state index < -0.39 is 0 Å². The predicted molar refractivity (Wildman–Crippen MR) is 108 cm³/mol. The molecule has 0 aliphatic rings. The Bertz CT molecular complexity index is 756. The second-order valence-corrected chi connectivity index (χ2v) is 7.20. The molecule has 0 saturated carbocycles. The first kappa shape index (κ1) is 18.8. The number of aryl methyl sites for hydroxylation is 3. The van der Waals surface area contributed by atoms with Gasteiger partial charge < -0.3 is 9.64 Å². The maximum absolute atomic E-state index is 12.1. The fraction of sp³-hybridized carbons (Fsp3) is 0.350. The molecule has 1 amide bonds. The van der Waals surface area contributed by atoms with Gasteiger partial charge in [-0.2, -0.15) is 0 Å². The zero-order chi connectivity index (χ0) is 17.9. The van der Waals surface area contributed by atoms with E-state index in [-0.39, 0.29) is 5.91 Å². The number of hydrogen-bond donors (Lipinski definition) is 0. The number of hydrogen-bond acceptors (Lipinski definition) is 2. The Balaban J connectivity index is 2.30. The number of benzene rings is 2. The van der Waals surface area contributed by atoms with Gasteiger partial charge in [-0.3, -0.25) is 4.79 Å². The highest BCUT2D eigenvalue weighted by Crippen LogP contribution is 2.28. The lowest BCUT2D eigenvalue weighted by molar-refractivity contribution is -0.118. The molecule has 0 aliphatic heterocycles. The molecule has 0 aromatic heterocycles. The van der Waals surface area contributed by atoms with Crippen LogP contribution in [0.15, 0.2) is 30.3 Å². The molecule has 0 aliphatic carbocycles. The van der Waals surface area contributed by atoms with Gasteiger partial charge in [-0.15, -0.1) is 0 Å². The molecule has 0 radical (unpaired) electrons. The molecule has 0 bridgehead atoms. The highest BCUT2D eigenvalue weighted by Gasteiger charge is 2.16. The number of anilines is 1. The van der Waals surface area contributed by atoms with Gasteiger partial charge in [-0.25, -0.2) is 0 Å². The van der Waals surface area contributed by atoms with E-state index in [4.69, 9.17) is 4.74 Å². The van der Waals surface area contributed by atoms with Crippen molar-refractivity contribution in [3.63, 3.8) is 0 Å². The van der Waals surface area contributed by atoms with Crippen molar-refractivity contribution >= 4 is 34.2 Å². The molecule has 4 heteroatoms. The number of amides is 1. The Hall–Kier alpha value is -1.56. The van der Waals surface area contributed by atoms with Gasteiger partial charge in [0.1, 0.15) is 12.4 Å². The second-order valence-electron chi connectivity index (χ2n) is 6.03. The van der Waals surface area contributed by atoms with E-state index in [0.717, 1.165) is 26.1 Å². The Morgan fingerprint density at radius 1 is 1.12 bits per heavy atom. The van der Waals surface area contributed by atoms with Crippen molar-refractivity contribution < 1.29 is 9.53 Å². The molecule has 0 heterocycles. The van der Waals surface area contributed by atoms with Crippen LogP contribution in [0, 0.1) is 24.3 Å². The lowest BCUT2D eigenvalue weighted by Gasteiger charge is -2.22. The van der Waals surface area contributed by atoms with Gasteiger partial charge in [-0.05, 0) is 78.3 Å². The van der Waals surface area contributed by atoms with Crippen molar-refractivity contribution in [2.75, 3.05) is 11.9 Å². The van der Waals surface area contributed by atoms with Crippen molar-refractivity contribution in [3.8, 4) is 5.75 Å². The normalized spacial score (nSPS) is 10.6. The third kappa shape index (κ3) is 4.09. The van der Waals surface area contributed by atoms with Crippen molar-refractivity contribution in [1.82, 2.24) is 0 Å². The first-order valence-electron chi connectivity index (χ1n) is 8.09. The van der Waals surface area contributed by atoms with Crippen molar-refractivity contribution in [3.05, 3.63) is 56.2 Å². The fourth-order valence-electron chi connectivity index (χ4n) is 2.62. The van der Waals surface area contributed by atoms with Crippen LogP contribution < -0.4 is 9.64 Å². The molecule has 2 aromatic rings. The number of halogens is 1. The van der Waals surface area contributed by atoms with Crippen LogP contribution in [0.25, 0.3) is 0 Å². The summed E-state index contributed by atoms with van der Waals surface area (Å²) in [6.07, 6.45) is 0.485. The van der Waals surface area contributed by atoms with Gasteiger partial charge in [0.05, 0.1) is 5.69 Å². The topological polar surface area (TPSA) is 29.5 Å². The Labute approximate surface area is 158 Å². The van der Waals surface area contributed by atoms with Crippen LogP contribution in [0.4, 0.5) is 5.69 Å². The highest BCUT2D eigenvalue weighted by molar-refractivity contribution is 14.1. The summed E-state index contributed by atoms with van der Waals surface area (Å²) in [4.78, 5) is 13.8. The van der Waals surface area contributed by atoms with E-state index in [1.807, 2.05) is 32.2 Å². The van der Waals surface area contributed by atoms with E-state index in [1.165, 1.54) is 11.1 Å². The lowest BCUT2D eigenvalue weighted by atomic mass is 10.1. The quantitative estimate of drug-likeness (QED) is 0.605. The molecule has 2 rings (SSSR count). The molecule has 2 aromatic carbocycles. The van der Waals surface area contributed by atoms with Crippen LogP contribution in [0.3, 0.4) is 0 Å². The lowest BCUT2D eigenvalue weighted by Crippen LogP contribution is -2.26. The summed E-state index contributed by atoms with van der Waals surface area (Å²) in [6.45, 7) is 8.58. The maximum atomic E-state index is 12.1. The van der Waals surface area contributed by atoms with Gasteiger partial charge in [0.2, 0.25) is 5.91 Å². The Morgan fingerprint density at radius 3 is 2.46 bits per heavy atom. The van der Waals surface area contributed by atoms with E-state index >= 15 is 0 Å². The number of carbonyl (C=O) groups is 1. The molecule has 0 N–H and O–H groups in total. The highest BCUT2D eigenvalue weighted by atomic mass is 127. The zero-order valence-electron chi connectivity index (χ0n) is 14.9. The third-order valence-corrected chi connectivity index (χ3v) is 5.31. The number of ether oxygens (including phenoxy) is 1. The van der Waals surface area contributed by atoms with E-state index in [1.54, 1.807) is 4.90 Å². The summed E-state index contributed by atoms with van der Waals surface area (Å²) >= 11 is 2.30. The fourth-order valence-corrected chi connectivity index (χ4v) is 3.25.